The van der Waals surface area contributed by atoms with Crippen molar-refractivity contribution >= 4 is 0 Å². The van der Waals surface area contributed by atoms with Crippen LogP contribution in [0.5, 0.6) is 11.5 Å². The number of phenols is 2. The Kier molecular flexibility index (Phi) is 4.16. The van der Waals surface area contributed by atoms with Crippen LogP contribution in [-0.4, -0.2) is 21.7 Å². The molecule has 0 aromatic heterocycles. The summed E-state index contributed by atoms with van der Waals surface area (Å²) in [5.41, 5.74) is 4.89. The molecule has 3 aromatic rings. The minimum Gasteiger partial charge on any atom is -0.508 e. The van der Waals surface area contributed by atoms with E-state index in [1.165, 1.54) is 22.3 Å². The Balaban J connectivity index is 1.68. The first kappa shape index (κ1) is 15.7. The van der Waals surface area contributed by atoms with Crippen molar-refractivity contribution in [2.24, 2.45) is 0 Å². The predicted molar refractivity (Wildman–Crippen MR) is 98.6 cm³/mol. The lowest BCUT2D eigenvalue weighted by molar-refractivity contribution is 0.231. The van der Waals surface area contributed by atoms with Gasteiger partial charge in [0.1, 0.15) is 11.5 Å². The van der Waals surface area contributed by atoms with Gasteiger partial charge in [-0.25, -0.2) is 0 Å². The molecule has 0 aliphatic carbocycles. The quantitative estimate of drug-likeness (QED) is 0.754. The Labute approximate surface area is 147 Å². The molecule has 0 amide bonds. The number of rotatable bonds is 3. The van der Waals surface area contributed by atoms with Crippen LogP contribution in [0.4, 0.5) is 0 Å². The highest BCUT2D eigenvalue weighted by Gasteiger charge is 2.26. The summed E-state index contributed by atoms with van der Waals surface area (Å²) in [4.78, 5) is 2.41. The first-order valence-electron chi connectivity index (χ1n) is 8.56. The second kappa shape index (κ2) is 6.61. The zero-order chi connectivity index (χ0) is 17.2. The lowest BCUT2D eigenvalue weighted by Crippen LogP contribution is -2.33. The van der Waals surface area contributed by atoms with Gasteiger partial charge in [0, 0.05) is 25.6 Å². The van der Waals surface area contributed by atoms with Gasteiger partial charge < -0.3 is 10.2 Å². The average molecular weight is 331 g/mol. The molecule has 126 valence electrons. The molecule has 3 heteroatoms. The van der Waals surface area contributed by atoms with Crippen molar-refractivity contribution in [2.45, 2.75) is 19.0 Å². The third-order valence-electron chi connectivity index (χ3n) is 4.88. The molecule has 0 radical (unpaired) electrons. The van der Waals surface area contributed by atoms with E-state index in [0.717, 1.165) is 19.6 Å². The fraction of sp³-hybridized carbons (Fsp3) is 0.182. The van der Waals surface area contributed by atoms with Crippen molar-refractivity contribution in [1.82, 2.24) is 4.90 Å². The molecule has 3 nitrogen and oxygen atoms in total. The molecule has 2 N–H and O–H groups in total. The van der Waals surface area contributed by atoms with Crippen molar-refractivity contribution in [1.29, 1.82) is 0 Å². The van der Waals surface area contributed by atoms with E-state index in [9.17, 15) is 10.2 Å². The fourth-order valence-corrected chi connectivity index (χ4v) is 3.68. The Bertz CT molecular complexity index is 859. The highest BCUT2D eigenvalue weighted by atomic mass is 16.3. The van der Waals surface area contributed by atoms with Gasteiger partial charge in [-0.15, -0.1) is 0 Å². The fourth-order valence-electron chi connectivity index (χ4n) is 3.68. The van der Waals surface area contributed by atoms with Gasteiger partial charge in [-0.3, -0.25) is 4.90 Å². The summed E-state index contributed by atoms with van der Waals surface area (Å²) in [5.74, 6) is 0.824. The topological polar surface area (TPSA) is 43.7 Å². The van der Waals surface area contributed by atoms with Crippen LogP contribution in [0.2, 0.25) is 0 Å². The van der Waals surface area contributed by atoms with Gasteiger partial charge in [-0.2, -0.15) is 0 Å². The highest BCUT2D eigenvalue weighted by Crippen LogP contribution is 2.36. The molecular weight excluding hydrogens is 310 g/mol. The van der Waals surface area contributed by atoms with Crippen molar-refractivity contribution in [3.63, 3.8) is 0 Å². The molecule has 0 saturated heterocycles. The van der Waals surface area contributed by atoms with Crippen LogP contribution in [0.25, 0.3) is 0 Å². The monoisotopic (exact) mass is 331 g/mol. The minimum atomic E-state index is 0.230. The molecule has 25 heavy (non-hydrogen) atoms. The summed E-state index contributed by atoms with van der Waals surface area (Å²) in [5, 5.41) is 19.5. The number of phenolic OH excluding ortho intramolecular Hbond substituents is 2. The van der Waals surface area contributed by atoms with Gasteiger partial charge in [0.05, 0.1) is 0 Å². The standard InChI is InChI=1S/C22H21NO2/c24-19-8-6-17(7-9-19)22-15-23(13-16-4-2-1-3-5-16)14-18-12-20(25)10-11-21(18)22/h1-12,22,24-25H,13-15H2. The molecule has 0 saturated carbocycles. The SMILES string of the molecule is Oc1ccc(C2CN(Cc3ccccc3)Cc3cc(O)ccc32)cc1. The third kappa shape index (κ3) is 3.37. The summed E-state index contributed by atoms with van der Waals surface area (Å²) in [7, 11) is 0. The Morgan fingerprint density at radius 2 is 1.56 bits per heavy atom. The van der Waals surface area contributed by atoms with E-state index in [1.807, 2.05) is 30.3 Å². The number of benzene rings is 3. The normalized spacial score (nSPS) is 17.2. The van der Waals surface area contributed by atoms with Gasteiger partial charge in [0.2, 0.25) is 0 Å². The zero-order valence-electron chi connectivity index (χ0n) is 14.0. The minimum absolute atomic E-state index is 0.230. The van der Waals surface area contributed by atoms with E-state index < -0.39 is 0 Å². The molecule has 1 aliphatic heterocycles. The maximum absolute atomic E-state index is 9.91. The molecule has 4 rings (SSSR count). The van der Waals surface area contributed by atoms with Crippen LogP contribution in [-0.2, 0) is 13.1 Å². The summed E-state index contributed by atoms with van der Waals surface area (Å²) >= 11 is 0. The summed E-state index contributed by atoms with van der Waals surface area (Å²) in [6.07, 6.45) is 0. The summed E-state index contributed by atoms with van der Waals surface area (Å²) < 4.78 is 0. The molecule has 0 fully saturated rings. The summed E-state index contributed by atoms with van der Waals surface area (Å²) in [6, 6.07) is 23.6. The van der Waals surface area contributed by atoms with Gasteiger partial charge >= 0.3 is 0 Å². The van der Waals surface area contributed by atoms with Gasteiger partial charge in [0.25, 0.3) is 0 Å². The van der Waals surface area contributed by atoms with Crippen molar-refractivity contribution in [3.8, 4) is 11.5 Å². The van der Waals surface area contributed by atoms with Crippen molar-refractivity contribution < 1.29 is 10.2 Å². The lowest BCUT2D eigenvalue weighted by atomic mass is 9.84. The molecule has 1 heterocycles. The van der Waals surface area contributed by atoms with Crippen LogP contribution >= 0.6 is 0 Å². The number of nitrogens with zero attached hydrogens (tertiary/aromatic N) is 1. The predicted octanol–water partition coefficient (Wildman–Crippen LogP) is 4.25. The highest BCUT2D eigenvalue weighted by molar-refractivity contribution is 5.44. The van der Waals surface area contributed by atoms with E-state index in [2.05, 4.69) is 29.2 Å². The van der Waals surface area contributed by atoms with E-state index in [0.29, 0.717) is 5.75 Å². The van der Waals surface area contributed by atoms with Gasteiger partial charge in [-0.1, -0.05) is 48.5 Å². The molecule has 3 aromatic carbocycles. The van der Waals surface area contributed by atoms with Crippen LogP contribution in [0.3, 0.4) is 0 Å². The van der Waals surface area contributed by atoms with Crippen LogP contribution in [0.15, 0.2) is 72.8 Å². The third-order valence-corrected chi connectivity index (χ3v) is 4.88. The Morgan fingerprint density at radius 3 is 2.32 bits per heavy atom. The largest absolute Gasteiger partial charge is 0.508 e. The van der Waals surface area contributed by atoms with Crippen molar-refractivity contribution in [2.75, 3.05) is 6.54 Å². The maximum Gasteiger partial charge on any atom is 0.115 e. The molecule has 1 aliphatic rings. The van der Waals surface area contributed by atoms with E-state index in [1.54, 1.807) is 18.2 Å². The van der Waals surface area contributed by atoms with Crippen LogP contribution < -0.4 is 0 Å². The van der Waals surface area contributed by atoms with E-state index in [4.69, 9.17) is 0 Å². The van der Waals surface area contributed by atoms with Crippen LogP contribution in [0, 0.1) is 0 Å². The van der Waals surface area contributed by atoms with Crippen LogP contribution in [0.1, 0.15) is 28.2 Å². The van der Waals surface area contributed by atoms with E-state index >= 15 is 0 Å². The Morgan fingerprint density at radius 1 is 0.840 bits per heavy atom. The van der Waals surface area contributed by atoms with Gasteiger partial charge in [0.15, 0.2) is 0 Å². The second-order valence-corrected chi connectivity index (χ2v) is 6.68. The Hall–Kier alpha value is -2.78. The molecule has 0 spiro atoms. The summed E-state index contributed by atoms with van der Waals surface area (Å²) in [6.45, 7) is 2.62. The second-order valence-electron chi connectivity index (χ2n) is 6.68. The molecule has 1 unspecified atom stereocenters. The average Bonchev–Trinajstić information content (AvgIpc) is 2.62. The number of hydrogen-bond acceptors (Lipinski definition) is 3. The lowest BCUT2D eigenvalue weighted by Gasteiger charge is -2.35. The zero-order valence-corrected chi connectivity index (χ0v) is 14.0. The van der Waals surface area contributed by atoms with E-state index in [-0.39, 0.29) is 11.7 Å². The number of aromatic hydroxyl groups is 2. The maximum atomic E-state index is 9.91. The number of fused-ring (bicyclic) bond motifs is 1. The smallest absolute Gasteiger partial charge is 0.115 e. The number of hydrogen-bond donors (Lipinski definition) is 2. The first-order chi connectivity index (χ1) is 12.2. The molecular formula is C22H21NO2. The van der Waals surface area contributed by atoms with Crippen molar-refractivity contribution in [3.05, 3.63) is 95.1 Å². The first-order valence-corrected chi connectivity index (χ1v) is 8.56. The molecule has 0 bridgehead atoms. The van der Waals surface area contributed by atoms with Gasteiger partial charge in [-0.05, 0) is 46.5 Å². The molecule has 1 atom stereocenters.